The minimum Gasteiger partial charge on any atom is -0.475 e. The number of carboxylic acids is 1. The summed E-state index contributed by atoms with van der Waals surface area (Å²) in [5.74, 6) is -1.93. The third-order valence-electron chi connectivity index (χ3n) is 6.54. The highest BCUT2D eigenvalue weighted by molar-refractivity contribution is 7.90. The lowest BCUT2D eigenvalue weighted by atomic mass is 9.77. The molecule has 0 spiro atoms. The van der Waals surface area contributed by atoms with Gasteiger partial charge in [-0.1, -0.05) is 26.0 Å². The number of piperidine rings is 1. The van der Waals surface area contributed by atoms with Crippen LogP contribution in [0.4, 0.5) is 13.2 Å². The molecule has 3 rings (SSSR count). The number of nitrogens with two attached hydrogens (primary N) is 1. The number of dihydropyridines is 1. The Kier molecular flexibility index (Phi) is 9.26. The summed E-state index contributed by atoms with van der Waals surface area (Å²) in [4.78, 5) is 11.2. The molecule has 1 saturated heterocycles. The van der Waals surface area contributed by atoms with Gasteiger partial charge in [0, 0.05) is 18.8 Å². The van der Waals surface area contributed by atoms with Crippen molar-refractivity contribution >= 4 is 15.8 Å². The zero-order valence-electron chi connectivity index (χ0n) is 20.0. The van der Waals surface area contributed by atoms with Crippen molar-refractivity contribution in [3.63, 3.8) is 0 Å². The van der Waals surface area contributed by atoms with Crippen LogP contribution >= 0.6 is 0 Å². The SMILES string of the molecule is CC1(C)CC=C(C2=C(N)C=CC(C3CCN(CCS(C)(=O)=O)CC3)N2)CC1.O=C(O)C(F)(F)F. The standard InChI is InChI=1S/C21H35N3O2S.C2HF3O2/c1-21(2)10-6-17(7-11-21)20-18(22)4-5-19(23-20)16-8-12-24(13-9-16)14-15-27(3,25)26;3-2(4,5)1(6)7/h4-6,16,19,23H,7-15,22H2,1-3H3;(H,6,7). The highest BCUT2D eigenvalue weighted by Crippen LogP contribution is 2.37. The van der Waals surface area contributed by atoms with Crippen LogP contribution in [0.2, 0.25) is 0 Å². The average molecular weight is 508 g/mol. The summed E-state index contributed by atoms with van der Waals surface area (Å²) in [7, 11) is -2.88. The van der Waals surface area contributed by atoms with Gasteiger partial charge in [-0.15, -0.1) is 0 Å². The lowest BCUT2D eigenvalue weighted by molar-refractivity contribution is -0.192. The van der Waals surface area contributed by atoms with Gasteiger partial charge in [0.2, 0.25) is 0 Å². The molecule has 7 nitrogen and oxygen atoms in total. The van der Waals surface area contributed by atoms with Crippen molar-refractivity contribution in [3.05, 3.63) is 35.2 Å². The molecule has 0 aromatic rings. The van der Waals surface area contributed by atoms with Crippen LogP contribution in [0.25, 0.3) is 0 Å². The Morgan fingerprint density at radius 1 is 1.29 bits per heavy atom. The molecule has 0 radical (unpaired) electrons. The normalized spacial score (nSPS) is 24.1. The lowest BCUT2D eigenvalue weighted by Crippen LogP contribution is -2.45. The number of sulfone groups is 1. The fourth-order valence-electron chi connectivity index (χ4n) is 4.28. The Morgan fingerprint density at radius 2 is 1.88 bits per heavy atom. The van der Waals surface area contributed by atoms with Gasteiger partial charge in [-0.3, -0.25) is 0 Å². The molecule has 2 heterocycles. The minimum atomic E-state index is -5.08. The summed E-state index contributed by atoms with van der Waals surface area (Å²) in [6, 6.07) is 0.320. The monoisotopic (exact) mass is 507 g/mol. The topological polar surface area (TPSA) is 113 Å². The van der Waals surface area contributed by atoms with Crippen LogP contribution in [-0.4, -0.2) is 68.3 Å². The maximum absolute atomic E-state index is 11.4. The summed E-state index contributed by atoms with van der Waals surface area (Å²) in [6.07, 6.45) is 8.45. The number of carbonyl (C=O) groups is 1. The molecule has 2 aliphatic heterocycles. The van der Waals surface area contributed by atoms with Crippen molar-refractivity contribution in [1.29, 1.82) is 0 Å². The second kappa shape index (κ2) is 11.2. The zero-order valence-corrected chi connectivity index (χ0v) is 20.8. The summed E-state index contributed by atoms with van der Waals surface area (Å²) >= 11 is 0. The molecule has 0 aromatic carbocycles. The minimum absolute atomic E-state index is 0.257. The van der Waals surface area contributed by atoms with Gasteiger partial charge in [0.15, 0.2) is 0 Å². The Bertz CT molecular complexity index is 932. The molecular formula is C23H36F3N3O4S. The first kappa shape index (κ1) is 28.2. The Morgan fingerprint density at radius 3 is 2.35 bits per heavy atom. The number of hydrogen-bond acceptors (Lipinski definition) is 6. The Hall–Kier alpha value is -2.01. The summed E-state index contributed by atoms with van der Waals surface area (Å²) in [5.41, 5.74) is 10.0. The molecule has 0 saturated carbocycles. The molecule has 1 unspecified atom stereocenters. The van der Waals surface area contributed by atoms with E-state index in [4.69, 9.17) is 15.6 Å². The van der Waals surface area contributed by atoms with Crippen molar-refractivity contribution in [2.75, 3.05) is 31.6 Å². The number of halogens is 3. The molecule has 0 amide bonds. The number of nitrogens with zero attached hydrogens (tertiary/aromatic N) is 1. The molecule has 11 heteroatoms. The van der Waals surface area contributed by atoms with Crippen LogP contribution in [0.1, 0.15) is 46.0 Å². The van der Waals surface area contributed by atoms with E-state index in [-0.39, 0.29) is 5.75 Å². The van der Waals surface area contributed by atoms with Crippen LogP contribution in [0, 0.1) is 11.3 Å². The van der Waals surface area contributed by atoms with E-state index < -0.39 is 22.0 Å². The van der Waals surface area contributed by atoms with Crippen LogP contribution in [0.15, 0.2) is 35.2 Å². The van der Waals surface area contributed by atoms with Crippen molar-refractivity contribution in [2.24, 2.45) is 17.1 Å². The molecule has 34 heavy (non-hydrogen) atoms. The molecule has 4 N–H and O–H groups in total. The van der Waals surface area contributed by atoms with E-state index in [0.29, 0.717) is 23.9 Å². The van der Waals surface area contributed by atoms with Gasteiger partial charge in [-0.25, -0.2) is 13.2 Å². The van der Waals surface area contributed by atoms with Gasteiger partial charge < -0.3 is 21.1 Å². The molecule has 0 aromatic heterocycles. The number of allylic oxidation sites excluding steroid dienone is 3. The average Bonchev–Trinajstić information content (AvgIpc) is 2.73. The molecule has 194 valence electrons. The van der Waals surface area contributed by atoms with E-state index in [1.165, 1.54) is 18.2 Å². The highest BCUT2D eigenvalue weighted by atomic mass is 32.2. The maximum atomic E-state index is 11.4. The molecule has 1 atom stereocenters. The van der Waals surface area contributed by atoms with Crippen molar-refractivity contribution in [1.82, 2.24) is 10.2 Å². The highest BCUT2D eigenvalue weighted by Gasteiger charge is 2.38. The second-order valence-electron chi connectivity index (χ2n) is 10.1. The number of likely N-dealkylation sites (tertiary alicyclic amines) is 1. The number of nitrogens with one attached hydrogen (secondary N) is 1. The first-order valence-corrected chi connectivity index (χ1v) is 13.5. The number of hydrogen-bond donors (Lipinski definition) is 3. The van der Waals surface area contributed by atoms with Crippen LogP contribution in [0.3, 0.4) is 0 Å². The number of rotatable bonds is 5. The lowest BCUT2D eigenvalue weighted by Gasteiger charge is -2.38. The van der Waals surface area contributed by atoms with Gasteiger partial charge in [-0.2, -0.15) is 13.2 Å². The number of alkyl halides is 3. The van der Waals surface area contributed by atoms with Gasteiger partial charge in [0.25, 0.3) is 0 Å². The Labute approximate surface area is 199 Å². The quantitative estimate of drug-likeness (QED) is 0.524. The molecule has 1 aliphatic carbocycles. The van der Waals surface area contributed by atoms with E-state index in [1.54, 1.807) is 0 Å². The molecule has 0 bridgehead atoms. The predicted molar refractivity (Wildman–Crippen MR) is 126 cm³/mol. The van der Waals surface area contributed by atoms with Crippen LogP contribution in [-0.2, 0) is 14.6 Å². The van der Waals surface area contributed by atoms with Gasteiger partial charge in [0.1, 0.15) is 9.84 Å². The largest absolute Gasteiger partial charge is 0.490 e. The Balaban J connectivity index is 0.000000509. The van der Waals surface area contributed by atoms with Gasteiger partial charge >= 0.3 is 12.1 Å². The van der Waals surface area contributed by atoms with E-state index in [1.807, 2.05) is 0 Å². The van der Waals surface area contributed by atoms with E-state index in [2.05, 4.69) is 42.3 Å². The van der Waals surface area contributed by atoms with Crippen molar-refractivity contribution in [3.8, 4) is 0 Å². The smallest absolute Gasteiger partial charge is 0.475 e. The summed E-state index contributed by atoms with van der Waals surface area (Å²) in [6.45, 7) is 7.24. The van der Waals surface area contributed by atoms with E-state index in [9.17, 15) is 21.6 Å². The molecule has 1 fully saturated rings. The fourth-order valence-corrected chi connectivity index (χ4v) is 4.87. The maximum Gasteiger partial charge on any atom is 0.490 e. The van der Waals surface area contributed by atoms with E-state index in [0.717, 1.165) is 50.2 Å². The fraction of sp³-hybridized carbons (Fsp3) is 0.696. The van der Waals surface area contributed by atoms with E-state index >= 15 is 0 Å². The first-order valence-electron chi connectivity index (χ1n) is 11.4. The van der Waals surface area contributed by atoms with Crippen molar-refractivity contribution < 1.29 is 31.5 Å². The second-order valence-corrected chi connectivity index (χ2v) is 12.3. The van der Waals surface area contributed by atoms with Gasteiger partial charge in [0.05, 0.1) is 17.1 Å². The summed E-state index contributed by atoms with van der Waals surface area (Å²) < 4.78 is 54.5. The van der Waals surface area contributed by atoms with Crippen molar-refractivity contribution in [2.45, 2.75) is 58.2 Å². The molecule has 3 aliphatic rings. The third kappa shape index (κ3) is 8.98. The number of carboxylic acid groups (broad SMARTS) is 1. The van der Waals surface area contributed by atoms with Gasteiger partial charge in [-0.05, 0) is 68.2 Å². The van der Waals surface area contributed by atoms with Crippen LogP contribution < -0.4 is 11.1 Å². The predicted octanol–water partition coefficient (Wildman–Crippen LogP) is 3.21. The molecular weight excluding hydrogens is 471 g/mol. The first-order chi connectivity index (χ1) is 15.6. The third-order valence-corrected chi connectivity index (χ3v) is 7.46. The number of aliphatic carboxylic acids is 1. The summed E-state index contributed by atoms with van der Waals surface area (Å²) in [5, 5.41) is 10.9. The van der Waals surface area contributed by atoms with Crippen LogP contribution in [0.5, 0.6) is 0 Å². The zero-order chi connectivity index (χ0) is 25.7.